The third kappa shape index (κ3) is 3.09. The first-order valence-electron chi connectivity index (χ1n) is 5.76. The minimum absolute atomic E-state index is 0.0138. The van der Waals surface area contributed by atoms with Gasteiger partial charge in [0.25, 0.3) is 0 Å². The molecule has 0 amide bonds. The van der Waals surface area contributed by atoms with Gasteiger partial charge in [-0.05, 0) is 40.8 Å². The SMILES string of the molecule is O=S(=O)(NC1CCCC1CO)c1cncc(Br)c1. The van der Waals surface area contributed by atoms with Crippen molar-refractivity contribution in [1.82, 2.24) is 9.71 Å². The topological polar surface area (TPSA) is 79.3 Å². The second-order valence-corrected chi connectivity index (χ2v) is 7.07. The summed E-state index contributed by atoms with van der Waals surface area (Å²) < 4.78 is 27.6. The molecule has 0 saturated heterocycles. The molecule has 2 unspecified atom stereocenters. The monoisotopic (exact) mass is 334 g/mol. The molecule has 1 aliphatic carbocycles. The fraction of sp³-hybridized carbons (Fsp3) is 0.545. The van der Waals surface area contributed by atoms with E-state index in [1.807, 2.05) is 0 Å². The fourth-order valence-corrected chi connectivity index (χ4v) is 4.06. The van der Waals surface area contributed by atoms with E-state index in [2.05, 4.69) is 25.6 Å². The quantitative estimate of drug-likeness (QED) is 0.869. The van der Waals surface area contributed by atoms with Crippen molar-refractivity contribution in [3.8, 4) is 0 Å². The molecule has 5 nitrogen and oxygen atoms in total. The lowest BCUT2D eigenvalue weighted by Gasteiger charge is -2.18. The summed E-state index contributed by atoms with van der Waals surface area (Å²) in [5, 5.41) is 9.19. The lowest BCUT2D eigenvalue weighted by molar-refractivity contribution is 0.213. The molecule has 0 aromatic carbocycles. The zero-order chi connectivity index (χ0) is 13.2. The summed E-state index contributed by atoms with van der Waals surface area (Å²) in [6.45, 7) is 0.0178. The van der Waals surface area contributed by atoms with E-state index in [-0.39, 0.29) is 23.5 Å². The molecular formula is C11H15BrN2O3S. The Kier molecular flexibility index (Phi) is 4.37. The van der Waals surface area contributed by atoms with Crippen molar-refractivity contribution < 1.29 is 13.5 Å². The highest BCUT2D eigenvalue weighted by Gasteiger charge is 2.30. The molecule has 0 spiro atoms. The van der Waals surface area contributed by atoms with Gasteiger partial charge in [0.1, 0.15) is 4.90 Å². The van der Waals surface area contributed by atoms with E-state index >= 15 is 0 Å². The molecule has 1 fully saturated rings. The minimum Gasteiger partial charge on any atom is -0.396 e. The van der Waals surface area contributed by atoms with E-state index in [1.165, 1.54) is 18.5 Å². The molecule has 0 radical (unpaired) electrons. The number of halogens is 1. The van der Waals surface area contributed by atoms with E-state index < -0.39 is 10.0 Å². The van der Waals surface area contributed by atoms with Gasteiger partial charge in [0.15, 0.2) is 0 Å². The summed E-state index contributed by atoms with van der Waals surface area (Å²) in [5.74, 6) is 0.0138. The second-order valence-electron chi connectivity index (χ2n) is 4.44. The normalized spacial score (nSPS) is 24.3. The fourth-order valence-electron chi connectivity index (χ4n) is 2.22. The number of nitrogens with one attached hydrogen (secondary N) is 1. The standard InChI is InChI=1S/C11H15BrN2O3S/c12-9-4-10(6-13-5-9)18(16,17)14-11-3-1-2-8(11)7-15/h4-6,8,11,14-15H,1-3,7H2. The average molecular weight is 335 g/mol. The Morgan fingerprint density at radius 1 is 1.44 bits per heavy atom. The predicted molar refractivity (Wildman–Crippen MR) is 70.5 cm³/mol. The van der Waals surface area contributed by atoms with Gasteiger partial charge >= 0.3 is 0 Å². The van der Waals surface area contributed by atoms with Crippen LogP contribution in [-0.2, 0) is 10.0 Å². The first-order chi connectivity index (χ1) is 8.53. The summed E-state index contributed by atoms with van der Waals surface area (Å²) in [4.78, 5) is 3.99. The van der Waals surface area contributed by atoms with Crippen molar-refractivity contribution in [3.05, 3.63) is 22.9 Å². The number of sulfonamides is 1. The molecule has 1 aromatic rings. The number of nitrogens with zero attached hydrogens (tertiary/aromatic N) is 1. The highest BCUT2D eigenvalue weighted by molar-refractivity contribution is 9.10. The zero-order valence-electron chi connectivity index (χ0n) is 9.71. The number of aliphatic hydroxyl groups is 1. The highest BCUT2D eigenvalue weighted by Crippen LogP contribution is 2.26. The summed E-state index contributed by atoms with van der Waals surface area (Å²) in [7, 11) is -3.56. The predicted octanol–water partition coefficient (Wildman–Crippen LogP) is 1.28. The molecule has 1 aromatic heterocycles. The van der Waals surface area contributed by atoms with Gasteiger partial charge in [-0.3, -0.25) is 4.98 Å². The van der Waals surface area contributed by atoms with E-state index in [0.29, 0.717) is 4.47 Å². The lowest BCUT2D eigenvalue weighted by atomic mass is 10.1. The summed E-state index contributed by atoms with van der Waals surface area (Å²) in [5.41, 5.74) is 0. The van der Waals surface area contributed by atoms with Gasteiger partial charge in [-0.1, -0.05) is 6.42 Å². The third-order valence-corrected chi connectivity index (χ3v) is 5.08. The van der Waals surface area contributed by atoms with Crippen LogP contribution < -0.4 is 4.72 Å². The van der Waals surface area contributed by atoms with E-state index in [9.17, 15) is 13.5 Å². The van der Waals surface area contributed by atoms with E-state index in [1.54, 1.807) is 0 Å². The summed E-state index contributed by atoms with van der Waals surface area (Å²) in [6, 6.07) is 1.33. The molecule has 7 heteroatoms. The molecule has 1 heterocycles. The van der Waals surface area contributed by atoms with Crippen LogP contribution in [0.15, 0.2) is 27.8 Å². The molecule has 0 aliphatic heterocycles. The van der Waals surface area contributed by atoms with E-state index in [0.717, 1.165) is 19.3 Å². The minimum atomic E-state index is -3.56. The Hall–Kier alpha value is -0.500. The van der Waals surface area contributed by atoms with Crippen molar-refractivity contribution in [2.24, 2.45) is 5.92 Å². The van der Waals surface area contributed by atoms with Gasteiger partial charge in [0, 0.05) is 29.5 Å². The number of rotatable bonds is 4. The van der Waals surface area contributed by atoms with E-state index in [4.69, 9.17) is 0 Å². The van der Waals surface area contributed by atoms with Crippen molar-refractivity contribution in [2.45, 2.75) is 30.2 Å². The van der Waals surface area contributed by atoms with Crippen LogP contribution >= 0.6 is 15.9 Å². The van der Waals surface area contributed by atoms with Gasteiger partial charge in [-0.15, -0.1) is 0 Å². The second kappa shape index (κ2) is 5.64. The summed E-state index contributed by atoms with van der Waals surface area (Å²) in [6.07, 6.45) is 5.42. The van der Waals surface area contributed by atoms with Crippen LogP contribution in [0.25, 0.3) is 0 Å². The number of aromatic nitrogens is 1. The smallest absolute Gasteiger partial charge is 0.242 e. The Morgan fingerprint density at radius 3 is 2.89 bits per heavy atom. The Balaban J connectivity index is 2.17. The Bertz CT molecular complexity index is 521. The van der Waals surface area contributed by atoms with Gasteiger partial charge < -0.3 is 5.11 Å². The van der Waals surface area contributed by atoms with Crippen molar-refractivity contribution in [2.75, 3.05) is 6.61 Å². The Labute approximate surface area is 115 Å². The zero-order valence-corrected chi connectivity index (χ0v) is 12.1. The first kappa shape index (κ1) is 13.9. The molecule has 2 N–H and O–H groups in total. The van der Waals surface area contributed by atoms with Crippen LogP contribution in [0.4, 0.5) is 0 Å². The molecule has 0 bridgehead atoms. The van der Waals surface area contributed by atoms with Crippen LogP contribution in [0.1, 0.15) is 19.3 Å². The van der Waals surface area contributed by atoms with Crippen LogP contribution in [0.5, 0.6) is 0 Å². The molecule has 1 saturated carbocycles. The van der Waals surface area contributed by atoms with Gasteiger partial charge in [0.2, 0.25) is 10.0 Å². The maximum Gasteiger partial charge on any atom is 0.242 e. The number of aliphatic hydroxyl groups excluding tert-OH is 1. The van der Waals surface area contributed by atoms with Gasteiger partial charge in [0.05, 0.1) is 0 Å². The Morgan fingerprint density at radius 2 is 2.22 bits per heavy atom. The van der Waals surface area contributed by atoms with Crippen molar-refractivity contribution in [1.29, 1.82) is 0 Å². The third-order valence-electron chi connectivity index (χ3n) is 3.19. The van der Waals surface area contributed by atoms with Crippen LogP contribution in [-0.4, -0.2) is 31.2 Å². The first-order valence-corrected chi connectivity index (χ1v) is 8.04. The van der Waals surface area contributed by atoms with Gasteiger partial charge in [-0.2, -0.15) is 0 Å². The number of pyridine rings is 1. The van der Waals surface area contributed by atoms with Crippen molar-refractivity contribution >= 4 is 26.0 Å². The number of hydrogen-bond donors (Lipinski definition) is 2. The maximum absolute atomic E-state index is 12.1. The largest absolute Gasteiger partial charge is 0.396 e. The number of hydrogen-bond acceptors (Lipinski definition) is 4. The highest BCUT2D eigenvalue weighted by atomic mass is 79.9. The molecular weight excluding hydrogens is 320 g/mol. The maximum atomic E-state index is 12.1. The van der Waals surface area contributed by atoms with Crippen LogP contribution in [0.2, 0.25) is 0 Å². The summed E-state index contributed by atoms with van der Waals surface area (Å²) >= 11 is 3.20. The van der Waals surface area contributed by atoms with Crippen molar-refractivity contribution in [3.63, 3.8) is 0 Å². The van der Waals surface area contributed by atoms with Crippen LogP contribution in [0.3, 0.4) is 0 Å². The lowest BCUT2D eigenvalue weighted by Crippen LogP contribution is -2.38. The molecule has 100 valence electrons. The average Bonchev–Trinajstić information content (AvgIpc) is 2.75. The molecule has 2 rings (SSSR count). The molecule has 18 heavy (non-hydrogen) atoms. The molecule has 2 atom stereocenters. The van der Waals surface area contributed by atoms with Gasteiger partial charge in [-0.25, -0.2) is 13.1 Å². The van der Waals surface area contributed by atoms with Crippen LogP contribution in [0, 0.1) is 5.92 Å². The molecule has 1 aliphatic rings.